The average Bonchev–Trinajstić information content (AvgIpc) is 3.30. The zero-order valence-corrected chi connectivity index (χ0v) is 42.5. The monoisotopic (exact) mass is 905 g/mol. The van der Waals surface area contributed by atoms with Gasteiger partial charge in [0, 0.05) is 19.3 Å². The topological polar surface area (TPSA) is 78.9 Å². The van der Waals surface area contributed by atoms with Crippen LogP contribution in [0.3, 0.4) is 0 Å². The second-order valence-electron chi connectivity index (χ2n) is 17.8. The van der Waals surface area contributed by atoms with Gasteiger partial charge in [0.2, 0.25) is 0 Å². The van der Waals surface area contributed by atoms with Gasteiger partial charge in [0.1, 0.15) is 13.2 Å². The first-order valence-electron chi connectivity index (χ1n) is 27.1. The predicted molar refractivity (Wildman–Crippen MR) is 279 cm³/mol. The maximum atomic E-state index is 12.8. The second-order valence-corrected chi connectivity index (χ2v) is 17.8. The van der Waals surface area contributed by atoms with E-state index < -0.39 is 6.10 Å². The van der Waals surface area contributed by atoms with Gasteiger partial charge in [-0.1, -0.05) is 215 Å². The molecule has 0 saturated heterocycles. The van der Waals surface area contributed by atoms with Crippen molar-refractivity contribution in [3.8, 4) is 0 Å². The third-order valence-electron chi connectivity index (χ3n) is 11.4. The maximum absolute atomic E-state index is 12.8. The van der Waals surface area contributed by atoms with Crippen molar-refractivity contribution in [1.29, 1.82) is 0 Å². The number of unbranched alkanes of at least 4 members (excludes halogenated alkanes) is 25. The van der Waals surface area contributed by atoms with Crippen LogP contribution < -0.4 is 0 Å². The van der Waals surface area contributed by atoms with Crippen molar-refractivity contribution < 1.29 is 28.6 Å². The smallest absolute Gasteiger partial charge is 0.306 e. The molecule has 0 aliphatic carbocycles. The first kappa shape index (κ1) is 61.6. The lowest BCUT2D eigenvalue weighted by Crippen LogP contribution is -2.30. The molecule has 0 amide bonds. The largest absolute Gasteiger partial charge is 0.462 e. The Morgan fingerprint density at radius 1 is 0.323 bits per heavy atom. The molecule has 6 nitrogen and oxygen atoms in total. The van der Waals surface area contributed by atoms with Crippen molar-refractivity contribution in [3.05, 3.63) is 85.1 Å². The van der Waals surface area contributed by atoms with Crippen LogP contribution in [-0.2, 0) is 28.6 Å². The zero-order valence-electron chi connectivity index (χ0n) is 42.5. The first-order valence-corrected chi connectivity index (χ1v) is 27.1. The summed E-state index contributed by atoms with van der Waals surface area (Å²) in [7, 11) is 0. The van der Waals surface area contributed by atoms with Crippen LogP contribution in [0.4, 0.5) is 0 Å². The normalized spacial score (nSPS) is 12.7. The molecule has 0 aliphatic heterocycles. The minimum Gasteiger partial charge on any atom is -0.462 e. The molecule has 0 fully saturated rings. The van der Waals surface area contributed by atoms with Gasteiger partial charge in [-0.15, -0.1) is 0 Å². The van der Waals surface area contributed by atoms with Crippen LogP contribution in [-0.4, -0.2) is 37.2 Å². The summed E-state index contributed by atoms with van der Waals surface area (Å²) in [6.45, 7) is 6.51. The Labute approximate surface area is 401 Å². The van der Waals surface area contributed by atoms with Crippen molar-refractivity contribution in [2.45, 2.75) is 258 Å². The Hall–Kier alpha value is -3.41. The quantitative estimate of drug-likeness (QED) is 0.0199. The molecule has 1 atom stereocenters. The fraction of sp³-hybridized carbons (Fsp3) is 0.712. The summed E-state index contributed by atoms with van der Waals surface area (Å²) in [5.41, 5.74) is 0. The van der Waals surface area contributed by atoms with Gasteiger partial charge in [0.05, 0.1) is 0 Å². The average molecular weight is 905 g/mol. The molecule has 0 aromatic rings. The summed E-state index contributed by atoms with van der Waals surface area (Å²) in [6.07, 6.45) is 68.5. The molecular formula is C59H100O6. The standard InChI is InChI=1S/C59H100O6/c1-4-7-10-13-16-19-22-25-28-29-32-34-37-40-43-46-49-52-58(61)64-55-56(65-59(62)53-50-47-44-41-38-35-31-27-24-21-18-15-12-9-6-3)54-63-57(60)51-48-45-42-39-36-33-30-26-23-20-17-14-11-8-5-2/h17-18,20-21,23-28,32,34,40,43,56H,4-16,19,22,29-31,33,35-39,41-42,44-55H2,1-3H3/b20-17-,21-18-,26-23-,27-24-,28-25-,34-32-,43-40-. The predicted octanol–water partition coefficient (Wildman–Crippen LogP) is 18.0. The number of ether oxygens (including phenoxy) is 3. The number of hydrogen-bond donors (Lipinski definition) is 0. The number of carbonyl (C=O) groups excluding carboxylic acids is 3. The molecule has 0 heterocycles. The number of carbonyl (C=O) groups is 3. The SMILES string of the molecule is CCCCC/C=C\C=C/CCCCCCCCC(=O)OCC(COC(=O)CCC/C=C\C/C=C\C/C=C\CCCCCCCC)OC(=O)CCCCCCCC/C=C\C=C/CCCCC. The molecule has 372 valence electrons. The molecule has 0 aromatic heterocycles. The lowest BCUT2D eigenvalue weighted by molar-refractivity contribution is -0.167. The van der Waals surface area contributed by atoms with Crippen LogP contribution in [0, 0.1) is 0 Å². The summed E-state index contributed by atoms with van der Waals surface area (Å²) < 4.78 is 16.8. The van der Waals surface area contributed by atoms with Crippen molar-refractivity contribution in [3.63, 3.8) is 0 Å². The van der Waals surface area contributed by atoms with E-state index in [0.717, 1.165) is 77.0 Å². The Morgan fingerprint density at radius 3 is 1.05 bits per heavy atom. The zero-order chi connectivity index (χ0) is 47.2. The molecule has 0 rings (SSSR count). The van der Waals surface area contributed by atoms with E-state index in [-0.39, 0.29) is 37.5 Å². The van der Waals surface area contributed by atoms with Gasteiger partial charge in [-0.3, -0.25) is 14.4 Å². The van der Waals surface area contributed by atoms with Gasteiger partial charge in [0.25, 0.3) is 0 Å². The Morgan fingerprint density at radius 2 is 0.615 bits per heavy atom. The van der Waals surface area contributed by atoms with Crippen molar-refractivity contribution in [1.82, 2.24) is 0 Å². The van der Waals surface area contributed by atoms with Crippen LogP contribution in [0.2, 0.25) is 0 Å². The summed E-state index contributed by atoms with van der Waals surface area (Å²) in [5, 5.41) is 0. The van der Waals surface area contributed by atoms with E-state index in [2.05, 4.69) is 106 Å². The second kappa shape index (κ2) is 53.2. The third-order valence-corrected chi connectivity index (χ3v) is 11.4. The van der Waals surface area contributed by atoms with Crippen LogP contribution >= 0.6 is 0 Å². The molecule has 0 aliphatic rings. The molecule has 0 spiro atoms. The molecule has 0 radical (unpaired) electrons. The van der Waals surface area contributed by atoms with Gasteiger partial charge in [0.15, 0.2) is 6.10 Å². The third kappa shape index (κ3) is 51.4. The van der Waals surface area contributed by atoms with E-state index >= 15 is 0 Å². The number of esters is 3. The summed E-state index contributed by atoms with van der Waals surface area (Å²) >= 11 is 0. The van der Waals surface area contributed by atoms with Crippen molar-refractivity contribution in [2.24, 2.45) is 0 Å². The summed E-state index contributed by atoms with van der Waals surface area (Å²) in [6, 6.07) is 0. The fourth-order valence-corrected chi connectivity index (χ4v) is 7.26. The van der Waals surface area contributed by atoms with E-state index in [1.165, 1.54) is 128 Å². The maximum Gasteiger partial charge on any atom is 0.306 e. The highest BCUT2D eigenvalue weighted by Crippen LogP contribution is 2.13. The number of allylic oxidation sites excluding steroid dienone is 14. The lowest BCUT2D eigenvalue weighted by atomic mass is 10.1. The number of rotatable bonds is 48. The van der Waals surface area contributed by atoms with Crippen LogP contribution in [0.25, 0.3) is 0 Å². The van der Waals surface area contributed by atoms with E-state index in [1.807, 2.05) is 0 Å². The van der Waals surface area contributed by atoms with Crippen molar-refractivity contribution in [2.75, 3.05) is 13.2 Å². The lowest BCUT2D eigenvalue weighted by Gasteiger charge is -2.18. The molecular weight excluding hydrogens is 805 g/mol. The van der Waals surface area contributed by atoms with Crippen LogP contribution in [0.1, 0.15) is 252 Å². The molecule has 0 saturated carbocycles. The van der Waals surface area contributed by atoms with Gasteiger partial charge >= 0.3 is 17.9 Å². The van der Waals surface area contributed by atoms with Gasteiger partial charge < -0.3 is 14.2 Å². The summed E-state index contributed by atoms with van der Waals surface area (Å²) in [5.74, 6) is -0.979. The highest BCUT2D eigenvalue weighted by molar-refractivity contribution is 5.71. The van der Waals surface area contributed by atoms with E-state index in [4.69, 9.17) is 14.2 Å². The Balaban J connectivity index is 4.50. The molecule has 0 N–H and O–H groups in total. The van der Waals surface area contributed by atoms with E-state index in [0.29, 0.717) is 19.3 Å². The minimum atomic E-state index is -0.808. The van der Waals surface area contributed by atoms with Gasteiger partial charge in [-0.05, 0) is 103 Å². The van der Waals surface area contributed by atoms with E-state index in [9.17, 15) is 14.4 Å². The molecule has 65 heavy (non-hydrogen) atoms. The van der Waals surface area contributed by atoms with Crippen molar-refractivity contribution >= 4 is 17.9 Å². The van der Waals surface area contributed by atoms with Gasteiger partial charge in [-0.25, -0.2) is 0 Å². The molecule has 6 heteroatoms. The Bertz CT molecular complexity index is 1270. The summed E-state index contributed by atoms with van der Waals surface area (Å²) in [4.78, 5) is 38.0. The van der Waals surface area contributed by atoms with E-state index in [1.54, 1.807) is 0 Å². The molecule has 1 unspecified atom stereocenters. The van der Waals surface area contributed by atoms with Crippen LogP contribution in [0.15, 0.2) is 85.1 Å². The highest BCUT2D eigenvalue weighted by Gasteiger charge is 2.19. The van der Waals surface area contributed by atoms with Gasteiger partial charge in [-0.2, -0.15) is 0 Å². The molecule has 0 aromatic carbocycles. The fourth-order valence-electron chi connectivity index (χ4n) is 7.26. The molecule has 0 bridgehead atoms. The minimum absolute atomic E-state index is 0.104. The van der Waals surface area contributed by atoms with Crippen LogP contribution in [0.5, 0.6) is 0 Å². The number of hydrogen-bond acceptors (Lipinski definition) is 6. The Kier molecular flexibility index (Phi) is 50.4. The highest BCUT2D eigenvalue weighted by atomic mass is 16.6. The first-order chi connectivity index (χ1) is 32.0.